The van der Waals surface area contributed by atoms with Gasteiger partial charge in [-0.2, -0.15) is 0 Å². The number of rotatable bonds is 9. The van der Waals surface area contributed by atoms with Gasteiger partial charge in [-0.15, -0.1) is 0 Å². The van der Waals surface area contributed by atoms with E-state index in [4.69, 9.17) is 5.41 Å². The van der Waals surface area contributed by atoms with Gasteiger partial charge in [-0.25, -0.2) is 4.98 Å². The van der Waals surface area contributed by atoms with Gasteiger partial charge < -0.3 is 15.6 Å². The molecule has 0 spiro atoms. The molecule has 0 bridgehead atoms. The summed E-state index contributed by atoms with van der Waals surface area (Å²) in [7, 11) is 0. The molecular weight excluding hydrogens is 368 g/mol. The van der Waals surface area contributed by atoms with Gasteiger partial charge in [-0.1, -0.05) is 0 Å². The molecule has 2 aromatic rings. The fourth-order valence-corrected chi connectivity index (χ4v) is 2.88. The first-order valence-electron chi connectivity index (χ1n) is 8.30. The number of imidazole rings is 1. The normalized spacial score (nSPS) is 10.6. The van der Waals surface area contributed by atoms with Crippen LogP contribution in [0.25, 0.3) is 0 Å². The molecule has 0 saturated carbocycles. The number of H-pyrrole nitrogens is 1. The molecule has 130 valence electrons. The zero-order valence-corrected chi connectivity index (χ0v) is 15.6. The first kappa shape index (κ1) is 18.4. The van der Waals surface area contributed by atoms with Crippen molar-refractivity contribution in [3.63, 3.8) is 0 Å². The van der Waals surface area contributed by atoms with Gasteiger partial charge in [0.25, 0.3) is 0 Å². The van der Waals surface area contributed by atoms with Crippen LogP contribution in [0.5, 0.6) is 0 Å². The fourth-order valence-electron chi connectivity index (χ4n) is 2.43. The molecule has 0 saturated heterocycles. The largest absolute Gasteiger partial charge is 0.357 e. The monoisotopic (exact) mass is 392 g/mol. The van der Waals surface area contributed by atoms with E-state index >= 15 is 0 Å². The van der Waals surface area contributed by atoms with Crippen LogP contribution in [0.1, 0.15) is 36.2 Å². The van der Waals surface area contributed by atoms with E-state index in [0.717, 1.165) is 61.1 Å². The van der Waals surface area contributed by atoms with E-state index in [9.17, 15) is 0 Å². The van der Waals surface area contributed by atoms with Gasteiger partial charge in [-0.05, 0) is 66.6 Å². The zero-order valence-electron chi connectivity index (χ0n) is 14.0. The Morgan fingerprint density at radius 3 is 2.67 bits per heavy atom. The Balaban J connectivity index is 1.50. The molecule has 7 heteroatoms. The Labute approximate surface area is 151 Å². The highest BCUT2D eigenvalue weighted by Gasteiger charge is 2.01. The maximum Gasteiger partial charge on any atom is 0.188 e. The first-order valence-corrected chi connectivity index (χ1v) is 9.09. The maximum absolute atomic E-state index is 7.84. The number of hydrogen-bond donors (Lipinski definition) is 4. The van der Waals surface area contributed by atoms with Crippen LogP contribution in [0, 0.1) is 12.3 Å². The number of aromatic nitrogens is 3. The molecule has 0 amide bonds. The zero-order chi connectivity index (χ0) is 17.2. The molecule has 0 aliphatic rings. The summed E-state index contributed by atoms with van der Waals surface area (Å²) in [6.45, 7) is 3.68. The lowest BCUT2D eigenvalue weighted by molar-refractivity contribution is 0.676. The smallest absolute Gasteiger partial charge is 0.188 e. The summed E-state index contributed by atoms with van der Waals surface area (Å²) in [6.07, 6.45) is 10.4. The van der Waals surface area contributed by atoms with Crippen molar-refractivity contribution >= 4 is 21.9 Å². The Morgan fingerprint density at radius 1 is 1.17 bits per heavy atom. The molecule has 2 aromatic heterocycles. The van der Waals surface area contributed by atoms with Crippen molar-refractivity contribution in [1.82, 2.24) is 25.6 Å². The third kappa shape index (κ3) is 6.70. The molecule has 24 heavy (non-hydrogen) atoms. The predicted molar refractivity (Wildman–Crippen MR) is 100 cm³/mol. The van der Waals surface area contributed by atoms with Crippen LogP contribution in [0.15, 0.2) is 29.3 Å². The van der Waals surface area contributed by atoms with E-state index in [1.54, 1.807) is 6.33 Å². The summed E-state index contributed by atoms with van der Waals surface area (Å²) < 4.78 is 1.03. The SMILES string of the molecule is Cc1cc(Br)cnc1CCCCNC(=N)NCCCc1c[nH]cn1. The molecule has 6 nitrogen and oxygen atoms in total. The fraction of sp³-hybridized carbons (Fsp3) is 0.471. The first-order chi connectivity index (χ1) is 11.6. The Hall–Kier alpha value is -1.89. The minimum atomic E-state index is 0.398. The van der Waals surface area contributed by atoms with Crippen molar-refractivity contribution in [2.75, 3.05) is 13.1 Å². The number of halogens is 1. The second-order valence-electron chi connectivity index (χ2n) is 5.77. The number of aryl methyl sites for hydroxylation is 3. The van der Waals surface area contributed by atoms with Crippen LogP contribution in [0.4, 0.5) is 0 Å². The molecule has 0 radical (unpaired) electrons. The number of hydrogen-bond acceptors (Lipinski definition) is 3. The van der Waals surface area contributed by atoms with Gasteiger partial charge in [0.15, 0.2) is 5.96 Å². The average Bonchev–Trinajstić information content (AvgIpc) is 3.06. The predicted octanol–water partition coefficient (Wildman–Crippen LogP) is 2.95. The van der Waals surface area contributed by atoms with Crippen molar-refractivity contribution in [1.29, 1.82) is 5.41 Å². The van der Waals surface area contributed by atoms with E-state index in [-0.39, 0.29) is 0 Å². The summed E-state index contributed by atoms with van der Waals surface area (Å²) in [4.78, 5) is 11.6. The second kappa shape index (κ2) is 10.1. The maximum atomic E-state index is 7.84. The van der Waals surface area contributed by atoms with E-state index in [0.29, 0.717) is 5.96 Å². The second-order valence-corrected chi connectivity index (χ2v) is 6.68. The quantitative estimate of drug-likeness (QED) is 0.300. The number of unbranched alkanes of at least 4 members (excludes halogenated alkanes) is 1. The minimum absolute atomic E-state index is 0.398. The van der Waals surface area contributed by atoms with Crippen molar-refractivity contribution < 1.29 is 0 Å². The van der Waals surface area contributed by atoms with E-state index in [2.05, 4.69) is 54.5 Å². The van der Waals surface area contributed by atoms with Gasteiger partial charge in [0.1, 0.15) is 0 Å². The van der Waals surface area contributed by atoms with E-state index in [1.807, 2.05) is 12.4 Å². The number of nitrogens with one attached hydrogen (secondary N) is 4. The third-order valence-corrected chi connectivity index (χ3v) is 4.20. The van der Waals surface area contributed by atoms with Crippen LogP contribution >= 0.6 is 15.9 Å². The molecule has 0 unspecified atom stereocenters. The number of aromatic amines is 1. The topological polar surface area (TPSA) is 89.5 Å². The van der Waals surface area contributed by atoms with Crippen LogP contribution in [-0.2, 0) is 12.8 Å². The van der Waals surface area contributed by atoms with E-state index < -0.39 is 0 Å². The van der Waals surface area contributed by atoms with Crippen LogP contribution < -0.4 is 10.6 Å². The van der Waals surface area contributed by atoms with Crippen molar-refractivity contribution in [2.45, 2.75) is 39.0 Å². The molecule has 0 aliphatic carbocycles. The highest BCUT2D eigenvalue weighted by atomic mass is 79.9. The summed E-state index contributed by atoms with van der Waals surface area (Å²) >= 11 is 3.43. The number of guanidine groups is 1. The Kier molecular flexibility index (Phi) is 7.74. The molecule has 4 N–H and O–H groups in total. The number of pyridine rings is 1. The summed E-state index contributed by atoms with van der Waals surface area (Å²) in [5, 5.41) is 14.0. The molecule has 2 rings (SSSR count). The van der Waals surface area contributed by atoms with Gasteiger partial charge in [0, 0.05) is 35.6 Å². The lowest BCUT2D eigenvalue weighted by Crippen LogP contribution is -2.37. The van der Waals surface area contributed by atoms with Crippen molar-refractivity contribution in [3.8, 4) is 0 Å². The van der Waals surface area contributed by atoms with Gasteiger partial charge in [0.05, 0.1) is 12.0 Å². The van der Waals surface area contributed by atoms with Crippen LogP contribution in [0.3, 0.4) is 0 Å². The molecule has 0 aliphatic heterocycles. The molecular formula is C17H25BrN6. The van der Waals surface area contributed by atoms with Crippen LogP contribution in [0.2, 0.25) is 0 Å². The molecule has 0 aromatic carbocycles. The van der Waals surface area contributed by atoms with Crippen molar-refractivity contribution in [3.05, 3.63) is 46.2 Å². The van der Waals surface area contributed by atoms with Gasteiger partial charge in [0.2, 0.25) is 0 Å². The van der Waals surface area contributed by atoms with Gasteiger partial charge in [-0.3, -0.25) is 10.4 Å². The molecule has 0 fully saturated rings. The van der Waals surface area contributed by atoms with Gasteiger partial charge >= 0.3 is 0 Å². The third-order valence-electron chi connectivity index (χ3n) is 3.76. The van der Waals surface area contributed by atoms with E-state index in [1.165, 1.54) is 5.56 Å². The number of nitrogens with zero attached hydrogens (tertiary/aromatic N) is 2. The Bertz CT molecular complexity index is 626. The minimum Gasteiger partial charge on any atom is -0.357 e. The summed E-state index contributed by atoms with van der Waals surface area (Å²) in [6, 6.07) is 2.10. The standard InChI is InChI=1S/C17H25BrN6/c1-13-9-14(18)10-23-16(13)6-2-3-7-21-17(19)22-8-4-5-15-11-20-12-24-15/h9-12H,2-8H2,1H3,(H,20,24)(H3,19,21,22). The highest BCUT2D eigenvalue weighted by molar-refractivity contribution is 9.10. The molecule has 0 atom stereocenters. The highest BCUT2D eigenvalue weighted by Crippen LogP contribution is 2.14. The summed E-state index contributed by atoms with van der Waals surface area (Å²) in [5.41, 5.74) is 3.45. The lowest BCUT2D eigenvalue weighted by atomic mass is 10.1. The summed E-state index contributed by atoms with van der Waals surface area (Å²) in [5.74, 6) is 0.398. The average molecular weight is 393 g/mol. The lowest BCUT2D eigenvalue weighted by Gasteiger charge is -2.10. The van der Waals surface area contributed by atoms with Crippen LogP contribution in [-0.4, -0.2) is 34.0 Å². The van der Waals surface area contributed by atoms with Crippen molar-refractivity contribution in [2.24, 2.45) is 0 Å². The Morgan fingerprint density at radius 2 is 1.96 bits per heavy atom. The molecule has 2 heterocycles.